The van der Waals surface area contributed by atoms with Gasteiger partial charge in [-0.3, -0.25) is 4.79 Å². The molecule has 0 aromatic heterocycles. The number of ether oxygens (including phenoxy) is 1. The lowest BCUT2D eigenvalue weighted by atomic mass is 10.0. The summed E-state index contributed by atoms with van der Waals surface area (Å²) in [5, 5.41) is 12.6. The molecule has 0 saturated carbocycles. The Morgan fingerprint density at radius 1 is 1.77 bits per heavy atom. The average Bonchev–Trinajstić information content (AvgIpc) is 1.98. The zero-order valence-electron chi connectivity index (χ0n) is 7.89. The van der Waals surface area contributed by atoms with Gasteiger partial charge in [0.05, 0.1) is 12.2 Å². The van der Waals surface area contributed by atoms with E-state index in [2.05, 4.69) is 14.8 Å². The molecular weight excluding hydrogens is 174 g/mol. The number of hydrogen-bond donors (Lipinski definition) is 1. The third-order valence-electron chi connectivity index (χ3n) is 1.35. The fourth-order valence-corrected chi connectivity index (χ4v) is 0.750. The molecule has 0 aliphatic heterocycles. The van der Waals surface area contributed by atoms with E-state index in [-0.39, 0.29) is 6.61 Å². The second-order valence-corrected chi connectivity index (χ2v) is 3.01. The van der Waals surface area contributed by atoms with Gasteiger partial charge in [-0.15, -0.1) is 0 Å². The zero-order chi connectivity index (χ0) is 10.5. The molecular formula is C7H13N3O3. The third-order valence-corrected chi connectivity index (χ3v) is 1.35. The van der Waals surface area contributed by atoms with Crippen molar-refractivity contribution in [3.8, 4) is 0 Å². The Morgan fingerprint density at radius 2 is 2.31 bits per heavy atom. The molecule has 0 spiro atoms. The summed E-state index contributed by atoms with van der Waals surface area (Å²) >= 11 is 0. The lowest BCUT2D eigenvalue weighted by Crippen LogP contribution is -2.41. The number of carbonyl (C=O) groups is 1. The maximum atomic E-state index is 11.1. The standard InChI is InChI=1S/C7H13N3O3/c1-4-13-6(11)5(9-10-8)7(2,3)12/h5,12H,4H2,1-3H3. The van der Waals surface area contributed by atoms with E-state index >= 15 is 0 Å². The molecule has 0 aromatic carbocycles. The quantitative estimate of drug-likeness (QED) is 0.308. The molecule has 13 heavy (non-hydrogen) atoms. The van der Waals surface area contributed by atoms with Gasteiger partial charge in [0.25, 0.3) is 0 Å². The molecule has 0 saturated heterocycles. The molecule has 0 fully saturated rings. The number of hydrogen-bond acceptors (Lipinski definition) is 4. The van der Waals surface area contributed by atoms with Crippen molar-refractivity contribution < 1.29 is 14.6 Å². The number of carbonyl (C=O) groups excluding carboxylic acids is 1. The average molecular weight is 187 g/mol. The summed E-state index contributed by atoms with van der Waals surface area (Å²) in [4.78, 5) is 13.6. The Balaban J connectivity index is 4.61. The van der Waals surface area contributed by atoms with Gasteiger partial charge in [0.15, 0.2) is 6.04 Å². The number of azide groups is 1. The predicted molar refractivity (Wildman–Crippen MR) is 45.9 cm³/mol. The van der Waals surface area contributed by atoms with E-state index in [0.717, 1.165) is 0 Å². The van der Waals surface area contributed by atoms with Gasteiger partial charge in [0.1, 0.15) is 0 Å². The van der Waals surface area contributed by atoms with Crippen molar-refractivity contribution in [3.63, 3.8) is 0 Å². The number of nitrogens with zero attached hydrogens (tertiary/aromatic N) is 3. The van der Waals surface area contributed by atoms with Gasteiger partial charge in [-0.2, -0.15) is 0 Å². The molecule has 74 valence electrons. The van der Waals surface area contributed by atoms with Gasteiger partial charge in [-0.25, -0.2) is 0 Å². The van der Waals surface area contributed by atoms with Gasteiger partial charge >= 0.3 is 5.97 Å². The molecule has 0 rings (SSSR count). The van der Waals surface area contributed by atoms with Crippen LogP contribution in [0.5, 0.6) is 0 Å². The Bertz CT molecular complexity index is 228. The summed E-state index contributed by atoms with van der Waals surface area (Å²) in [5.41, 5.74) is 6.75. The summed E-state index contributed by atoms with van der Waals surface area (Å²) in [5.74, 6) is -0.715. The van der Waals surface area contributed by atoms with E-state index in [0.29, 0.717) is 0 Å². The van der Waals surface area contributed by atoms with Crippen LogP contribution in [0, 0.1) is 0 Å². The molecule has 1 atom stereocenters. The molecule has 1 N–H and O–H groups in total. The first-order valence-electron chi connectivity index (χ1n) is 3.86. The molecule has 6 heteroatoms. The summed E-state index contributed by atoms with van der Waals surface area (Å²) in [6.45, 7) is 4.58. The molecule has 0 amide bonds. The zero-order valence-corrected chi connectivity index (χ0v) is 7.89. The van der Waals surface area contributed by atoms with E-state index in [9.17, 15) is 9.90 Å². The Morgan fingerprint density at radius 3 is 2.62 bits per heavy atom. The molecule has 0 aromatic rings. The fraction of sp³-hybridized carbons (Fsp3) is 0.857. The minimum Gasteiger partial charge on any atom is -0.466 e. The van der Waals surface area contributed by atoms with Crippen LogP contribution in [-0.4, -0.2) is 29.3 Å². The van der Waals surface area contributed by atoms with Crippen molar-refractivity contribution in [3.05, 3.63) is 10.4 Å². The molecule has 6 nitrogen and oxygen atoms in total. The molecule has 0 heterocycles. The van der Waals surface area contributed by atoms with Crippen molar-refractivity contribution in [2.75, 3.05) is 6.61 Å². The van der Waals surface area contributed by atoms with Crippen LogP contribution in [0.25, 0.3) is 10.4 Å². The summed E-state index contributed by atoms with van der Waals surface area (Å²) in [6, 6.07) is -1.20. The molecule has 1 unspecified atom stereocenters. The monoisotopic (exact) mass is 187 g/mol. The highest BCUT2D eigenvalue weighted by atomic mass is 16.5. The van der Waals surface area contributed by atoms with Crippen molar-refractivity contribution in [2.45, 2.75) is 32.4 Å². The van der Waals surface area contributed by atoms with E-state index in [4.69, 9.17) is 5.53 Å². The van der Waals surface area contributed by atoms with Crippen LogP contribution >= 0.6 is 0 Å². The molecule has 0 radical (unpaired) electrons. The summed E-state index contributed by atoms with van der Waals surface area (Å²) in [6.07, 6.45) is 0. The molecule has 0 aliphatic carbocycles. The van der Waals surface area contributed by atoms with E-state index < -0.39 is 17.6 Å². The topological polar surface area (TPSA) is 95.3 Å². The fourth-order valence-electron chi connectivity index (χ4n) is 0.750. The number of esters is 1. The van der Waals surface area contributed by atoms with Crippen LogP contribution in [-0.2, 0) is 9.53 Å². The van der Waals surface area contributed by atoms with Gasteiger partial charge < -0.3 is 9.84 Å². The minimum atomic E-state index is -1.40. The van der Waals surface area contributed by atoms with Crippen LogP contribution < -0.4 is 0 Å². The predicted octanol–water partition coefficient (Wildman–Crippen LogP) is 0.999. The van der Waals surface area contributed by atoms with Crippen molar-refractivity contribution >= 4 is 5.97 Å². The Kier molecular flexibility index (Phi) is 4.23. The minimum absolute atomic E-state index is 0.187. The number of rotatable bonds is 4. The lowest BCUT2D eigenvalue weighted by Gasteiger charge is -2.22. The maximum Gasteiger partial charge on any atom is 0.317 e. The second-order valence-electron chi connectivity index (χ2n) is 3.01. The largest absolute Gasteiger partial charge is 0.466 e. The van der Waals surface area contributed by atoms with Crippen molar-refractivity contribution in [1.29, 1.82) is 0 Å². The SMILES string of the molecule is CCOC(=O)C(N=[N+]=[N-])C(C)(C)O. The molecule has 0 aliphatic rings. The molecule has 0 bridgehead atoms. The highest BCUT2D eigenvalue weighted by Gasteiger charge is 2.33. The summed E-state index contributed by atoms with van der Waals surface area (Å²) < 4.78 is 4.62. The normalized spacial score (nSPS) is 12.9. The second kappa shape index (κ2) is 4.69. The van der Waals surface area contributed by atoms with Crippen LogP contribution in [0.15, 0.2) is 5.11 Å². The number of aliphatic hydroxyl groups is 1. The van der Waals surface area contributed by atoms with Gasteiger partial charge in [-0.05, 0) is 26.3 Å². The van der Waals surface area contributed by atoms with E-state index in [1.165, 1.54) is 13.8 Å². The van der Waals surface area contributed by atoms with Gasteiger partial charge in [-0.1, -0.05) is 5.11 Å². The first-order valence-corrected chi connectivity index (χ1v) is 3.86. The van der Waals surface area contributed by atoms with Crippen molar-refractivity contribution in [2.24, 2.45) is 5.11 Å². The van der Waals surface area contributed by atoms with E-state index in [1.54, 1.807) is 6.92 Å². The maximum absolute atomic E-state index is 11.1. The summed E-state index contributed by atoms with van der Waals surface area (Å²) in [7, 11) is 0. The van der Waals surface area contributed by atoms with Gasteiger partial charge in [0.2, 0.25) is 0 Å². The van der Waals surface area contributed by atoms with Crippen LogP contribution in [0.1, 0.15) is 20.8 Å². The third kappa shape index (κ3) is 3.78. The highest BCUT2D eigenvalue weighted by Crippen LogP contribution is 2.14. The van der Waals surface area contributed by atoms with Crippen LogP contribution in [0.4, 0.5) is 0 Å². The first-order chi connectivity index (χ1) is 5.93. The highest BCUT2D eigenvalue weighted by molar-refractivity contribution is 5.77. The first kappa shape index (κ1) is 11.7. The lowest BCUT2D eigenvalue weighted by molar-refractivity contribution is -0.150. The Hall–Kier alpha value is -1.26. The smallest absolute Gasteiger partial charge is 0.317 e. The Labute approximate surface area is 76.1 Å². The van der Waals surface area contributed by atoms with Crippen LogP contribution in [0.2, 0.25) is 0 Å². The van der Waals surface area contributed by atoms with Crippen molar-refractivity contribution in [1.82, 2.24) is 0 Å². The van der Waals surface area contributed by atoms with E-state index in [1.807, 2.05) is 0 Å². The van der Waals surface area contributed by atoms with Gasteiger partial charge in [0, 0.05) is 4.91 Å². The van der Waals surface area contributed by atoms with Crippen LogP contribution in [0.3, 0.4) is 0 Å².